The predicted octanol–water partition coefficient (Wildman–Crippen LogP) is 4.60. The van der Waals surface area contributed by atoms with E-state index in [0.717, 1.165) is 32.4 Å². The van der Waals surface area contributed by atoms with Crippen LogP contribution in [0.15, 0.2) is 62.8 Å². The van der Waals surface area contributed by atoms with Crippen LogP contribution >= 0.6 is 11.8 Å². The van der Waals surface area contributed by atoms with Crippen molar-refractivity contribution in [2.75, 3.05) is 11.5 Å². The van der Waals surface area contributed by atoms with Crippen LogP contribution in [0.4, 0.5) is 11.4 Å². The summed E-state index contributed by atoms with van der Waals surface area (Å²) < 4.78 is 10.4. The van der Waals surface area contributed by atoms with Gasteiger partial charge in [0.25, 0.3) is 5.91 Å². The molecular weight excluding hydrogens is 388 g/mol. The summed E-state index contributed by atoms with van der Waals surface area (Å²) in [5, 5.41) is 3.88. The van der Waals surface area contributed by atoms with E-state index >= 15 is 0 Å². The fourth-order valence-electron chi connectivity index (χ4n) is 3.34. The molecule has 0 N–H and O–H groups in total. The second-order valence-corrected chi connectivity index (χ2v) is 7.81. The molecule has 2 heterocycles. The second-order valence-electron chi connectivity index (χ2n) is 6.73. The van der Waals surface area contributed by atoms with Crippen LogP contribution in [0.25, 0.3) is 0 Å². The molecule has 6 nitrogen and oxygen atoms in total. The van der Waals surface area contributed by atoms with Crippen LogP contribution in [-0.4, -0.2) is 23.6 Å². The number of hydrogen-bond donors (Lipinski definition) is 0. The minimum absolute atomic E-state index is 0.166. The Balaban J connectivity index is 1.44. The van der Waals surface area contributed by atoms with E-state index in [-0.39, 0.29) is 18.9 Å². The van der Waals surface area contributed by atoms with Crippen LogP contribution in [0.3, 0.4) is 0 Å². The first-order chi connectivity index (χ1) is 14.0. The normalized spacial score (nSPS) is 12.3. The summed E-state index contributed by atoms with van der Waals surface area (Å²) in [5.41, 5.74) is 3.27. The van der Waals surface area contributed by atoms with Gasteiger partial charge in [0, 0.05) is 21.8 Å². The van der Waals surface area contributed by atoms with Gasteiger partial charge in [-0.1, -0.05) is 41.2 Å². The monoisotopic (exact) mass is 408 g/mol. The lowest BCUT2D eigenvalue weighted by atomic mass is 10.1. The number of para-hydroxylation sites is 2. The molecule has 3 aromatic rings. The lowest BCUT2D eigenvalue weighted by molar-refractivity contribution is -0.147. The first kappa shape index (κ1) is 19.3. The first-order valence-electron chi connectivity index (χ1n) is 9.31. The Morgan fingerprint density at radius 1 is 1.03 bits per heavy atom. The Labute approximate surface area is 172 Å². The average molecular weight is 408 g/mol. The molecule has 29 heavy (non-hydrogen) atoms. The van der Waals surface area contributed by atoms with Crippen molar-refractivity contribution in [2.45, 2.75) is 36.5 Å². The van der Waals surface area contributed by atoms with Crippen LogP contribution in [0.5, 0.6) is 0 Å². The van der Waals surface area contributed by atoms with Crippen LogP contribution in [0.2, 0.25) is 0 Å². The van der Waals surface area contributed by atoms with Gasteiger partial charge in [-0.05, 0) is 44.5 Å². The molecule has 0 spiro atoms. The van der Waals surface area contributed by atoms with Crippen molar-refractivity contribution in [3.63, 3.8) is 0 Å². The van der Waals surface area contributed by atoms with E-state index in [1.54, 1.807) is 16.7 Å². The number of ether oxygens (including phenoxy) is 1. The molecule has 0 fully saturated rings. The average Bonchev–Trinajstić information content (AvgIpc) is 3.06. The summed E-state index contributed by atoms with van der Waals surface area (Å²) in [6.45, 7) is 3.34. The van der Waals surface area contributed by atoms with E-state index in [0.29, 0.717) is 12.2 Å². The summed E-state index contributed by atoms with van der Waals surface area (Å²) in [6.07, 6.45) is 0.638. The number of rotatable bonds is 5. The second kappa shape index (κ2) is 8.13. The summed E-state index contributed by atoms with van der Waals surface area (Å²) in [6, 6.07) is 15.4. The quantitative estimate of drug-likeness (QED) is 0.575. The van der Waals surface area contributed by atoms with Crippen LogP contribution in [0, 0.1) is 13.8 Å². The van der Waals surface area contributed by atoms with Gasteiger partial charge in [0.05, 0.1) is 17.1 Å². The molecule has 0 atom stereocenters. The van der Waals surface area contributed by atoms with E-state index in [9.17, 15) is 9.59 Å². The van der Waals surface area contributed by atoms with E-state index in [1.807, 2.05) is 62.4 Å². The van der Waals surface area contributed by atoms with Gasteiger partial charge in [0.1, 0.15) is 5.76 Å². The van der Waals surface area contributed by atoms with Gasteiger partial charge in [-0.25, -0.2) is 0 Å². The Hall–Kier alpha value is -3.06. The van der Waals surface area contributed by atoms with Crippen LogP contribution < -0.4 is 4.90 Å². The Kier molecular flexibility index (Phi) is 5.40. The minimum Gasteiger partial charge on any atom is -0.456 e. The molecule has 0 radical (unpaired) electrons. The summed E-state index contributed by atoms with van der Waals surface area (Å²) in [7, 11) is 0. The maximum Gasteiger partial charge on any atom is 0.306 e. The maximum absolute atomic E-state index is 13.0. The smallest absolute Gasteiger partial charge is 0.306 e. The standard InChI is InChI=1S/C22H20N2O4S/c1-14-16(15(2)28-23-14)11-12-22(26)27-13-21(25)24-17-7-3-5-9-19(17)29-20-10-6-4-8-18(20)24/h3-10H,11-13H2,1-2H3. The van der Waals surface area contributed by atoms with Gasteiger partial charge in [-0.2, -0.15) is 0 Å². The zero-order valence-electron chi connectivity index (χ0n) is 16.2. The van der Waals surface area contributed by atoms with Gasteiger partial charge in [0.15, 0.2) is 6.61 Å². The van der Waals surface area contributed by atoms with E-state index in [1.165, 1.54) is 0 Å². The largest absolute Gasteiger partial charge is 0.456 e. The Morgan fingerprint density at radius 2 is 1.66 bits per heavy atom. The first-order valence-corrected chi connectivity index (χ1v) is 10.1. The Morgan fingerprint density at radius 3 is 2.24 bits per heavy atom. The van der Waals surface area contributed by atoms with Crippen molar-refractivity contribution >= 4 is 35.0 Å². The molecule has 4 rings (SSSR count). The highest BCUT2D eigenvalue weighted by Gasteiger charge is 2.28. The highest BCUT2D eigenvalue weighted by molar-refractivity contribution is 7.99. The van der Waals surface area contributed by atoms with Crippen molar-refractivity contribution in [1.29, 1.82) is 0 Å². The fraction of sp³-hybridized carbons (Fsp3) is 0.227. The number of benzene rings is 2. The topological polar surface area (TPSA) is 72.6 Å². The summed E-state index contributed by atoms with van der Waals surface area (Å²) in [4.78, 5) is 28.8. The Bertz CT molecular complexity index is 1010. The molecule has 2 aromatic carbocycles. The van der Waals surface area contributed by atoms with E-state index in [2.05, 4.69) is 5.16 Å². The lowest BCUT2D eigenvalue weighted by Crippen LogP contribution is -2.32. The van der Waals surface area contributed by atoms with Crippen molar-refractivity contribution in [2.24, 2.45) is 0 Å². The summed E-state index contributed by atoms with van der Waals surface area (Å²) in [5.74, 6) is -0.00685. The van der Waals surface area contributed by atoms with Crippen molar-refractivity contribution in [3.8, 4) is 0 Å². The molecule has 0 unspecified atom stereocenters. The molecule has 0 saturated carbocycles. The zero-order valence-corrected chi connectivity index (χ0v) is 17.0. The van der Waals surface area contributed by atoms with E-state index in [4.69, 9.17) is 9.26 Å². The molecular formula is C22H20N2O4S. The predicted molar refractivity (Wildman–Crippen MR) is 109 cm³/mol. The van der Waals surface area contributed by atoms with Crippen molar-refractivity contribution in [3.05, 3.63) is 65.5 Å². The fourth-order valence-corrected chi connectivity index (χ4v) is 4.40. The molecule has 1 amide bonds. The van der Waals surface area contributed by atoms with Crippen molar-refractivity contribution in [1.82, 2.24) is 5.16 Å². The molecule has 7 heteroatoms. The van der Waals surface area contributed by atoms with Gasteiger partial charge in [-0.3, -0.25) is 14.5 Å². The molecule has 1 aromatic heterocycles. The molecule has 1 aliphatic rings. The highest BCUT2D eigenvalue weighted by atomic mass is 32.2. The number of anilines is 2. The van der Waals surface area contributed by atoms with Crippen LogP contribution in [0.1, 0.15) is 23.4 Å². The van der Waals surface area contributed by atoms with Gasteiger partial charge < -0.3 is 9.26 Å². The van der Waals surface area contributed by atoms with Gasteiger partial charge in [-0.15, -0.1) is 0 Å². The van der Waals surface area contributed by atoms with Gasteiger partial charge >= 0.3 is 5.97 Å². The SMILES string of the molecule is Cc1noc(C)c1CCC(=O)OCC(=O)N1c2ccccc2Sc2ccccc21. The molecule has 0 aliphatic carbocycles. The number of carbonyl (C=O) groups excluding carboxylic acids is 2. The molecule has 0 bridgehead atoms. The minimum atomic E-state index is -0.425. The third kappa shape index (κ3) is 3.91. The number of esters is 1. The highest BCUT2D eigenvalue weighted by Crippen LogP contribution is 2.47. The maximum atomic E-state index is 13.0. The third-order valence-corrected chi connectivity index (χ3v) is 5.93. The number of amides is 1. The lowest BCUT2D eigenvalue weighted by Gasteiger charge is -2.30. The number of aryl methyl sites for hydroxylation is 2. The number of nitrogens with zero attached hydrogens (tertiary/aromatic N) is 2. The van der Waals surface area contributed by atoms with Crippen molar-refractivity contribution < 1.29 is 18.8 Å². The van der Waals surface area contributed by atoms with Crippen LogP contribution in [-0.2, 0) is 20.7 Å². The number of fused-ring (bicyclic) bond motifs is 2. The number of aromatic nitrogens is 1. The third-order valence-electron chi connectivity index (χ3n) is 4.80. The molecule has 0 saturated heterocycles. The zero-order chi connectivity index (χ0) is 20.4. The molecule has 148 valence electrons. The van der Waals surface area contributed by atoms with E-state index < -0.39 is 5.97 Å². The summed E-state index contributed by atoms with van der Waals surface area (Å²) >= 11 is 1.62. The molecule has 1 aliphatic heterocycles. The van der Waals surface area contributed by atoms with Gasteiger partial charge in [0.2, 0.25) is 0 Å². The number of hydrogen-bond acceptors (Lipinski definition) is 6. The number of carbonyl (C=O) groups is 2.